The zero-order chi connectivity index (χ0) is 24.3. The van der Waals surface area contributed by atoms with E-state index >= 15 is 0 Å². The van der Waals surface area contributed by atoms with Crippen molar-refractivity contribution in [2.24, 2.45) is 5.92 Å². The molecule has 3 aromatic rings. The first-order valence-corrected chi connectivity index (χ1v) is 14.2. The van der Waals surface area contributed by atoms with E-state index in [0.29, 0.717) is 5.02 Å². The fraction of sp³-hybridized carbons (Fsp3) is 0.259. The highest BCUT2D eigenvalue weighted by atomic mass is 35.5. The van der Waals surface area contributed by atoms with Gasteiger partial charge in [-0.3, -0.25) is 14.9 Å². The standard InChI is InChI=1S/C27H28ClNO4Si/c1-32-26(30)22-23(18-11-10-12-19(28)17-18)29-24(27(31)33-2)25(22)34(3,20-13-6-4-7-14-20)21-15-8-5-9-16-21/h4-17,22-25,29H,1-3H3/t22-,23+,24+,25+/m1/s1. The number of halogens is 1. The van der Waals surface area contributed by atoms with E-state index in [4.69, 9.17) is 21.1 Å². The van der Waals surface area contributed by atoms with Gasteiger partial charge in [0.2, 0.25) is 0 Å². The minimum absolute atomic E-state index is 0.362. The maximum Gasteiger partial charge on any atom is 0.322 e. The predicted molar refractivity (Wildman–Crippen MR) is 136 cm³/mol. The van der Waals surface area contributed by atoms with E-state index in [9.17, 15) is 9.59 Å². The van der Waals surface area contributed by atoms with Crippen molar-refractivity contribution in [3.8, 4) is 0 Å². The summed E-state index contributed by atoms with van der Waals surface area (Å²) in [6.45, 7) is 2.22. The highest BCUT2D eigenvalue weighted by Crippen LogP contribution is 2.47. The molecule has 3 aromatic carbocycles. The number of esters is 2. The minimum Gasteiger partial charge on any atom is -0.469 e. The largest absolute Gasteiger partial charge is 0.469 e. The molecule has 0 amide bonds. The average Bonchev–Trinajstić information content (AvgIpc) is 3.29. The molecule has 4 atom stereocenters. The monoisotopic (exact) mass is 493 g/mol. The summed E-state index contributed by atoms with van der Waals surface area (Å²) >= 11 is 6.30. The quantitative estimate of drug-likeness (QED) is 0.420. The van der Waals surface area contributed by atoms with Crippen LogP contribution in [-0.4, -0.2) is 40.3 Å². The molecule has 0 spiro atoms. The summed E-state index contributed by atoms with van der Waals surface area (Å²) < 4.78 is 10.6. The maximum atomic E-state index is 13.4. The molecule has 0 radical (unpaired) electrons. The van der Waals surface area contributed by atoms with Crippen molar-refractivity contribution in [2.75, 3.05) is 14.2 Å². The van der Waals surface area contributed by atoms with Gasteiger partial charge in [-0.25, -0.2) is 0 Å². The van der Waals surface area contributed by atoms with Crippen LogP contribution in [-0.2, 0) is 19.1 Å². The molecule has 0 aliphatic carbocycles. The van der Waals surface area contributed by atoms with Crippen molar-refractivity contribution in [3.05, 3.63) is 95.5 Å². The Hall–Kier alpha value is -2.93. The van der Waals surface area contributed by atoms with Gasteiger partial charge < -0.3 is 9.47 Å². The van der Waals surface area contributed by atoms with E-state index in [0.717, 1.165) is 15.9 Å². The molecule has 7 heteroatoms. The smallest absolute Gasteiger partial charge is 0.322 e. The second-order valence-corrected chi connectivity index (χ2v) is 13.4. The molecule has 1 aliphatic rings. The molecular formula is C27H28ClNO4Si. The van der Waals surface area contributed by atoms with Crippen molar-refractivity contribution in [1.29, 1.82) is 0 Å². The van der Waals surface area contributed by atoms with Gasteiger partial charge in [0.15, 0.2) is 0 Å². The highest BCUT2D eigenvalue weighted by molar-refractivity contribution is 7.02. The van der Waals surface area contributed by atoms with Gasteiger partial charge in [0, 0.05) is 16.6 Å². The number of hydrogen-bond acceptors (Lipinski definition) is 5. The number of nitrogens with one attached hydrogen (secondary N) is 1. The van der Waals surface area contributed by atoms with E-state index in [1.54, 1.807) is 6.07 Å². The molecule has 1 fully saturated rings. The Labute approximate surface area is 206 Å². The third kappa shape index (κ3) is 4.29. The van der Waals surface area contributed by atoms with E-state index in [1.165, 1.54) is 14.2 Å². The lowest BCUT2D eigenvalue weighted by Crippen LogP contribution is -2.64. The summed E-state index contributed by atoms with van der Waals surface area (Å²) in [4.78, 5) is 26.6. The zero-order valence-corrected chi connectivity index (χ0v) is 21.2. The van der Waals surface area contributed by atoms with Gasteiger partial charge in [-0.05, 0) is 17.7 Å². The highest BCUT2D eigenvalue weighted by Gasteiger charge is 2.59. The Morgan fingerprint density at radius 1 is 0.824 bits per heavy atom. The summed E-state index contributed by atoms with van der Waals surface area (Å²) in [6.07, 6.45) is 0. The number of benzene rings is 3. The first kappa shape index (κ1) is 24.2. The Bertz CT molecular complexity index is 1120. The number of hydrogen-bond donors (Lipinski definition) is 1. The molecule has 0 aromatic heterocycles. The fourth-order valence-corrected chi connectivity index (χ4v) is 10.4. The van der Waals surface area contributed by atoms with Crippen molar-refractivity contribution < 1.29 is 19.1 Å². The normalized spacial score (nSPS) is 22.2. The number of ether oxygens (including phenoxy) is 2. The summed E-state index contributed by atoms with van der Waals surface area (Å²) in [6, 6.07) is 26.5. The maximum absolute atomic E-state index is 13.4. The SMILES string of the molecule is COC(=O)[C@H]1[C@H]([Si](C)(c2ccccc2)c2ccccc2)[C@@H](C(=O)OC)N[C@H]1c1cccc(Cl)c1. The predicted octanol–water partition coefficient (Wildman–Crippen LogP) is 3.58. The molecule has 1 heterocycles. The minimum atomic E-state index is -2.74. The Balaban J connectivity index is 1.98. The Morgan fingerprint density at radius 2 is 1.38 bits per heavy atom. The average molecular weight is 494 g/mol. The van der Waals surface area contributed by atoms with Crippen molar-refractivity contribution >= 4 is 42.0 Å². The molecule has 176 valence electrons. The first-order valence-electron chi connectivity index (χ1n) is 11.2. The van der Waals surface area contributed by atoms with Crippen molar-refractivity contribution in [3.63, 3.8) is 0 Å². The molecule has 0 saturated carbocycles. The van der Waals surface area contributed by atoms with Gasteiger partial charge in [0.1, 0.15) is 14.1 Å². The topological polar surface area (TPSA) is 64.6 Å². The molecule has 5 nitrogen and oxygen atoms in total. The van der Waals surface area contributed by atoms with E-state index in [-0.39, 0.29) is 11.5 Å². The van der Waals surface area contributed by atoms with E-state index in [1.807, 2.05) is 54.6 Å². The Kier molecular flexibility index (Phi) is 7.21. The Morgan fingerprint density at radius 3 is 1.88 bits per heavy atom. The van der Waals surface area contributed by atoms with Crippen LogP contribution in [0, 0.1) is 5.92 Å². The van der Waals surface area contributed by atoms with Gasteiger partial charge in [-0.2, -0.15) is 0 Å². The van der Waals surface area contributed by atoms with Gasteiger partial charge in [0.25, 0.3) is 0 Å². The fourth-order valence-electron chi connectivity index (χ4n) is 5.39. The molecular weight excluding hydrogens is 466 g/mol. The van der Waals surface area contributed by atoms with E-state index < -0.39 is 32.0 Å². The van der Waals surface area contributed by atoms with E-state index in [2.05, 4.69) is 36.1 Å². The molecule has 1 saturated heterocycles. The number of rotatable bonds is 6. The zero-order valence-electron chi connectivity index (χ0n) is 19.4. The molecule has 1 aliphatic heterocycles. The third-order valence-electron chi connectivity index (χ3n) is 7.01. The second-order valence-electron chi connectivity index (χ2n) is 8.71. The van der Waals surface area contributed by atoms with Crippen LogP contribution in [0.3, 0.4) is 0 Å². The van der Waals surface area contributed by atoms with Crippen LogP contribution < -0.4 is 15.7 Å². The van der Waals surface area contributed by atoms with Crippen LogP contribution in [0.25, 0.3) is 0 Å². The van der Waals surface area contributed by atoms with Crippen LogP contribution in [0.1, 0.15) is 11.6 Å². The summed E-state index contributed by atoms with van der Waals surface area (Å²) in [5.74, 6) is -1.38. The summed E-state index contributed by atoms with van der Waals surface area (Å²) in [5, 5.41) is 6.26. The number of methoxy groups -OCH3 is 2. The van der Waals surface area contributed by atoms with Gasteiger partial charge in [-0.1, -0.05) is 101 Å². The first-order chi connectivity index (χ1) is 16.4. The number of carbonyl (C=O) groups is 2. The van der Waals surface area contributed by atoms with Crippen molar-refractivity contribution in [1.82, 2.24) is 5.32 Å². The molecule has 1 N–H and O–H groups in total. The van der Waals surface area contributed by atoms with Crippen molar-refractivity contribution in [2.45, 2.75) is 24.2 Å². The molecule has 0 unspecified atom stereocenters. The molecule has 4 rings (SSSR count). The molecule has 0 bridgehead atoms. The van der Waals surface area contributed by atoms with Gasteiger partial charge in [-0.15, -0.1) is 0 Å². The van der Waals surface area contributed by atoms with Crippen LogP contribution in [0.4, 0.5) is 0 Å². The van der Waals surface area contributed by atoms with Crippen LogP contribution >= 0.6 is 11.6 Å². The third-order valence-corrected chi connectivity index (χ3v) is 12.3. The molecule has 34 heavy (non-hydrogen) atoms. The van der Waals surface area contributed by atoms with Crippen LogP contribution in [0.15, 0.2) is 84.9 Å². The lowest BCUT2D eigenvalue weighted by molar-refractivity contribution is -0.146. The van der Waals surface area contributed by atoms with Crippen LogP contribution in [0.5, 0.6) is 0 Å². The van der Waals surface area contributed by atoms with Crippen LogP contribution in [0.2, 0.25) is 17.1 Å². The lowest BCUT2D eigenvalue weighted by atomic mass is 9.93. The van der Waals surface area contributed by atoms with Gasteiger partial charge in [0.05, 0.1) is 20.1 Å². The van der Waals surface area contributed by atoms with Gasteiger partial charge >= 0.3 is 11.9 Å². The summed E-state index contributed by atoms with van der Waals surface area (Å²) in [7, 11) is 0.0343. The lowest BCUT2D eigenvalue weighted by Gasteiger charge is -2.39. The second kappa shape index (κ2) is 10.1. The summed E-state index contributed by atoms with van der Waals surface area (Å²) in [5.41, 5.74) is 0.456. The number of carbonyl (C=O) groups excluding carboxylic acids is 2.